The van der Waals surface area contributed by atoms with E-state index < -0.39 is 0 Å². The topological polar surface area (TPSA) is 45.2 Å². The van der Waals surface area contributed by atoms with E-state index in [1.165, 1.54) is 16.7 Å². The number of benzene rings is 2. The van der Waals surface area contributed by atoms with Crippen molar-refractivity contribution in [2.24, 2.45) is 5.41 Å². The lowest BCUT2D eigenvalue weighted by Crippen LogP contribution is -2.49. The first-order valence-corrected chi connectivity index (χ1v) is 11.6. The summed E-state index contributed by atoms with van der Waals surface area (Å²) in [6.45, 7) is 5.21. The Morgan fingerprint density at radius 1 is 1.03 bits per heavy atom. The number of likely N-dealkylation sites (tertiary alicyclic amines) is 1. The third-order valence-corrected chi connectivity index (χ3v) is 6.94. The number of rotatable bonds is 7. The van der Waals surface area contributed by atoms with Crippen LogP contribution < -0.4 is 5.32 Å². The zero-order valence-electron chi connectivity index (χ0n) is 19.1. The van der Waals surface area contributed by atoms with Gasteiger partial charge in [-0.2, -0.15) is 0 Å². The molecular formula is C28H33N3O. The number of carbonyl (C=O) groups is 1. The van der Waals surface area contributed by atoms with Crippen LogP contribution in [0.3, 0.4) is 0 Å². The van der Waals surface area contributed by atoms with Gasteiger partial charge >= 0.3 is 0 Å². The van der Waals surface area contributed by atoms with Gasteiger partial charge in [0.05, 0.1) is 5.41 Å². The van der Waals surface area contributed by atoms with Gasteiger partial charge in [0.2, 0.25) is 5.91 Å². The SMILES string of the molecule is CNC(=O)C1(Cc2ccccc2-c2cccnc2)CCN(CC(C)c2ccccc2)CC1. The molecule has 0 spiro atoms. The van der Waals surface area contributed by atoms with Crippen LogP contribution in [0.5, 0.6) is 0 Å². The van der Waals surface area contributed by atoms with E-state index in [9.17, 15) is 4.79 Å². The first-order chi connectivity index (χ1) is 15.6. The number of pyridine rings is 1. The second-order valence-electron chi connectivity index (χ2n) is 9.05. The van der Waals surface area contributed by atoms with Gasteiger partial charge in [0.15, 0.2) is 0 Å². The molecule has 1 N–H and O–H groups in total. The molecule has 1 saturated heterocycles. The summed E-state index contributed by atoms with van der Waals surface area (Å²) in [5.74, 6) is 0.643. The van der Waals surface area contributed by atoms with Gasteiger partial charge in [-0.3, -0.25) is 9.78 Å². The number of aromatic nitrogens is 1. The number of piperidine rings is 1. The zero-order chi connectivity index (χ0) is 22.4. The molecule has 1 atom stereocenters. The normalized spacial score (nSPS) is 16.9. The fraction of sp³-hybridized carbons (Fsp3) is 0.357. The predicted molar refractivity (Wildman–Crippen MR) is 130 cm³/mol. The summed E-state index contributed by atoms with van der Waals surface area (Å²) in [5, 5.41) is 2.97. The molecule has 166 valence electrons. The Balaban J connectivity index is 1.50. The fourth-order valence-electron chi connectivity index (χ4n) is 5.03. The molecule has 0 radical (unpaired) electrons. The first kappa shape index (κ1) is 22.2. The van der Waals surface area contributed by atoms with Crippen molar-refractivity contribution in [2.75, 3.05) is 26.7 Å². The lowest BCUT2D eigenvalue weighted by atomic mass is 9.72. The average molecular weight is 428 g/mol. The molecule has 1 aliphatic rings. The Hall–Kier alpha value is -2.98. The van der Waals surface area contributed by atoms with E-state index in [0.717, 1.165) is 44.5 Å². The molecule has 2 aromatic carbocycles. The van der Waals surface area contributed by atoms with Crippen molar-refractivity contribution in [3.8, 4) is 11.1 Å². The lowest BCUT2D eigenvalue weighted by Gasteiger charge is -2.41. The van der Waals surface area contributed by atoms with Crippen LogP contribution in [-0.4, -0.2) is 42.5 Å². The number of amides is 1. The van der Waals surface area contributed by atoms with Gasteiger partial charge in [0, 0.05) is 31.5 Å². The van der Waals surface area contributed by atoms with Crippen molar-refractivity contribution in [2.45, 2.75) is 32.1 Å². The highest BCUT2D eigenvalue weighted by Gasteiger charge is 2.41. The van der Waals surface area contributed by atoms with E-state index in [4.69, 9.17) is 0 Å². The van der Waals surface area contributed by atoms with E-state index in [2.05, 4.69) is 82.8 Å². The summed E-state index contributed by atoms with van der Waals surface area (Å²) in [4.78, 5) is 20.0. The Kier molecular flexibility index (Phi) is 7.01. The highest BCUT2D eigenvalue weighted by atomic mass is 16.2. The second-order valence-corrected chi connectivity index (χ2v) is 9.05. The number of hydrogen-bond acceptors (Lipinski definition) is 3. The minimum Gasteiger partial charge on any atom is -0.359 e. The van der Waals surface area contributed by atoms with Crippen molar-refractivity contribution in [1.82, 2.24) is 15.2 Å². The maximum Gasteiger partial charge on any atom is 0.226 e. The maximum absolute atomic E-state index is 13.1. The summed E-state index contributed by atoms with van der Waals surface area (Å²) in [7, 11) is 1.76. The third-order valence-electron chi connectivity index (χ3n) is 6.94. The van der Waals surface area contributed by atoms with Gasteiger partial charge in [-0.15, -0.1) is 0 Å². The molecular weight excluding hydrogens is 394 g/mol. The first-order valence-electron chi connectivity index (χ1n) is 11.6. The number of carbonyl (C=O) groups excluding carboxylic acids is 1. The van der Waals surface area contributed by atoms with Crippen LogP contribution in [0, 0.1) is 5.41 Å². The molecule has 32 heavy (non-hydrogen) atoms. The van der Waals surface area contributed by atoms with Crippen molar-refractivity contribution in [3.05, 3.63) is 90.3 Å². The monoisotopic (exact) mass is 427 g/mol. The van der Waals surface area contributed by atoms with E-state index in [-0.39, 0.29) is 11.3 Å². The van der Waals surface area contributed by atoms with E-state index >= 15 is 0 Å². The minimum atomic E-state index is -0.375. The fourth-order valence-corrected chi connectivity index (χ4v) is 5.03. The van der Waals surface area contributed by atoms with Crippen LogP contribution in [0.25, 0.3) is 11.1 Å². The molecule has 0 bridgehead atoms. The summed E-state index contributed by atoms with van der Waals surface area (Å²) in [6.07, 6.45) is 6.19. The molecule has 1 aromatic heterocycles. The van der Waals surface area contributed by atoms with Crippen molar-refractivity contribution >= 4 is 5.91 Å². The molecule has 2 heterocycles. The predicted octanol–water partition coefficient (Wildman–Crippen LogP) is 4.92. The molecule has 1 unspecified atom stereocenters. The highest BCUT2D eigenvalue weighted by Crippen LogP contribution is 2.38. The van der Waals surface area contributed by atoms with Crippen LogP contribution in [0.1, 0.15) is 36.8 Å². The molecule has 4 nitrogen and oxygen atoms in total. The van der Waals surface area contributed by atoms with Crippen LogP contribution >= 0.6 is 0 Å². The number of nitrogens with zero attached hydrogens (tertiary/aromatic N) is 2. The van der Waals surface area contributed by atoms with Crippen molar-refractivity contribution in [1.29, 1.82) is 0 Å². The third kappa shape index (κ3) is 4.91. The van der Waals surface area contributed by atoms with Gasteiger partial charge < -0.3 is 10.2 Å². The van der Waals surface area contributed by atoms with E-state index in [1.54, 1.807) is 13.2 Å². The van der Waals surface area contributed by atoms with Gasteiger partial charge in [0.25, 0.3) is 0 Å². The molecule has 4 heteroatoms. The Labute approximate surface area is 191 Å². The number of hydrogen-bond donors (Lipinski definition) is 1. The zero-order valence-corrected chi connectivity index (χ0v) is 19.1. The van der Waals surface area contributed by atoms with Gasteiger partial charge in [-0.25, -0.2) is 0 Å². The van der Waals surface area contributed by atoms with Crippen LogP contribution in [0.4, 0.5) is 0 Å². The molecule has 4 rings (SSSR count). The van der Waals surface area contributed by atoms with Gasteiger partial charge in [-0.1, -0.05) is 67.6 Å². The van der Waals surface area contributed by atoms with Crippen molar-refractivity contribution < 1.29 is 4.79 Å². The summed E-state index contributed by atoms with van der Waals surface area (Å²) in [6, 6.07) is 23.2. The minimum absolute atomic E-state index is 0.161. The standard InChI is InChI=1S/C28H33N3O/c1-22(23-9-4-3-5-10-23)21-31-17-14-28(15-18-31,27(32)29-2)19-24-11-6-7-13-26(24)25-12-8-16-30-20-25/h3-13,16,20,22H,14-15,17-19,21H2,1-2H3,(H,29,32). The smallest absolute Gasteiger partial charge is 0.226 e. The molecule has 1 amide bonds. The molecule has 3 aromatic rings. The molecule has 1 aliphatic heterocycles. The number of nitrogens with one attached hydrogen (secondary N) is 1. The summed E-state index contributed by atoms with van der Waals surface area (Å²) in [5.41, 5.74) is 4.49. The van der Waals surface area contributed by atoms with Gasteiger partial charge in [-0.05, 0) is 61.0 Å². The Morgan fingerprint density at radius 3 is 2.44 bits per heavy atom. The second kappa shape index (κ2) is 10.1. The Morgan fingerprint density at radius 2 is 1.75 bits per heavy atom. The quantitative estimate of drug-likeness (QED) is 0.582. The highest BCUT2D eigenvalue weighted by molar-refractivity contribution is 5.83. The van der Waals surface area contributed by atoms with Crippen LogP contribution in [0.2, 0.25) is 0 Å². The van der Waals surface area contributed by atoms with Gasteiger partial charge in [0.1, 0.15) is 0 Å². The lowest BCUT2D eigenvalue weighted by molar-refractivity contribution is -0.133. The van der Waals surface area contributed by atoms with Crippen molar-refractivity contribution in [3.63, 3.8) is 0 Å². The molecule has 1 fully saturated rings. The average Bonchev–Trinajstić information content (AvgIpc) is 2.86. The summed E-state index contributed by atoms with van der Waals surface area (Å²) >= 11 is 0. The molecule has 0 saturated carbocycles. The van der Waals surface area contributed by atoms with E-state index in [1.807, 2.05) is 12.3 Å². The molecule has 0 aliphatic carbocycles. The van der Waals surface area contributed by atoms with E-state index in [0.29, 0.717) is 5.92 Å². The maximum atomic E-state index is 13.1. The van der Waals surface area contributed by atoms with Crippen LogP contribution in [-0.2, 0) is 11.2 Å². The van der Waals surface area contributed by atoms with Crippen LogP contribution in [0.15, 0.2) is 79.1 Å². The largest absolute Gasteiger partial charge is 0.359 e. The summed E-state index contributed by atoms with van der Waals surface area (Å²) < 4.78 is 0. The Bertz CT molecular complexity index is 1010.